The Morgan fingerprint density at radius 2 is 1.95 bits per heavy atom. The maximum absolute atomic E-state index is 11.1. The second-order valence-electron chi connectivity index (χ2n) is 5.05. The third-order valence-corrected chi connectivity index (χ3v) is 6.35. The van der Waals surface area contributed by atoms with E-state index in [1.807, 2.05) is 49.8 Å². The van der Waals surface area contributed by atoms with E-state index < -0.39 is 11.7 Å². The highest BCUT2D eigenvalue weighted by atomic mass is 32.2. The van der Waals surface area contributed by atoms with Crippen LogP contribution in [0.2, 0.25) is 0 Å². The van der Waals surface area contributed by atoms with Crippen LogP contribution in [0.25, 0.3) is 0 Å². The second kappa shape index (κ2) is 7.58. The minimum Gasteiger partial charge on any atom is -0.496 e. The van der Waals surface area contributed by atoms with E-state index in [9.17, 15) is 5.11 Å². The summed E-state index contributed by atoms with van der Waals surface area (Å²) in [7, 11) is 0. The Morgan fingerprint density at radius 1 is 1.29 bits per heavy atom. The molecule has 0 saturated heterocycles. The van der Waals surface area contributed by atoms with Gasteiger partial charge in [-0.15, -0.1) is 23.5 Å². The van der Waals surface area contributed by atoms with Gasteiger partial charge >= 0.3 is 0 Å². The van der Waals surface area contributed by atoms with Gasteiger partial charge in [-0.1, -0.05) is 30.3 Å². The fraction of sp³-hybridized carbons (Fsp3) is 0.500. The highest BCUT2D eigenvalue weighted by molar-refractivity contribution is 8.16. The van der Waals surface area contributed by atoms with Crippen LogP contribution in [0.15, 0.2) is 42.7 Å². The Balaban J connectivity index is 2.14. The van der Waals surface area contributed by atoms with Gasteiger partial charge in [0, 0.05) is 0 Å². The van der Waals surface area contributed by atoms with Gasteiger partial charge < -0.3 is 14.6 Å². The molecule has 21 heavy (non-hydrogen) atoms. The van der Waals surface area contributed by atoms with Gasteiger partial charge in [-0.05, 0) is 31.1 Å². The van der Waals surface area contributed by atoms with Crippen LogP contribution in [-0.2, 0) is 16.1 Å². The molecule has 2 rings (SSSR count). The predicted octanol–water partition coefficient (Wildman–Crippen LogP) is 3.29. The lowest BCUT2D eigenvalue weighted by molar-refractivity contribution is -0.143. The molecule has 1 heterocycles. The van der Waals surface area contributed by atoms with Gasteiger partial charge in [0.05, 0.1) is 17.5 Å². The lowest BCUT2D eigenvalue weighted by Crippen LogP contribution is -2.56. The molecule has 0 amide bonds. The quantitative estimate of drug-likeness (QED) is 0.812. The summed E-state index contributed by atoms with van der Waals surface area (Å²) in [6, 6.07) is 9.98. The van der Waals surface area contributed by atoms with Crippen LogP contribution in [0.5, 0.6) is 0 Å². The van der Waals surface area contributed by atoms with Crippen molar-refractivity contribution in [2.75, 3.05) is 12.5 Å². The van der Waals surface area contributed by atoms with Crippen molar-refractivity contribution < 1.29 is 14.6 Å². The maximum Gasteiger partial charge on any atom is 0.136 e. The first-order valence-corrected chi connectivity index (χ1v) is 9.46. The summed E-state index contributed by atoms with van der Waals surface area (Å²) in [6.45, 7) is 2.40. The molecule has 1 aliphatic rings. The molecule has 1 aromatic rings. The first-order valence-electron chi connectivity index (χ1n) is 6.88. The molecule has 0 unspecified atom stereocenters. The zero-order valence-corrected chi connectivity index (χ0v) is 14.2. The SMILES string of the molecule is CSC(SC)[C@]1(O)C=CO[C@@H](C)[C@@H]1OCc1ccccc1. The molecule has 0 spiro atoms. The lowest BCUT2D eigenvalue weighted by Gasteiger charge is -2.43. The number of hydrogen-bond acceptors (Lipinski definition) is 5. The molecule has 0 radical (unpaired) electrons. The molecule has 3 nitrogen and oxygen atoms in total. The van der Waals surface area contributed by atoms with E-state index in [1.54, 1.807) is 35.9 Å². The molecule has 3 atom stereocenters. The average Bonchev–Trinajstić information content (AvgIpc) is 2.49. The van der Waals surface area contributed by atoms with Gasteiger partial charge in [0.2, 0.25) is 0 Å². The molecule has 5 heteroatoms. The van der Waals surface area contributed by atoms with E-state index >= 15 is 0 Å². The number of rotatable bonds is 6. The van der Waals surface area contributed by atoms with Gasteiger partial charge in [-0.25, -0.2) is 0 Å². The summed E-state index contributed by atoms with van der Waals surface area (Å²) < 4.78 is 11.6. The highest BCUT2D eigenvalue weighted by Gasteiger charge is 2.47. The van der Waals surface area contributed by atoms with Crippen molar-refractivity contribution in [2.45, 2.75) is 35.9 Å². The van der Waals surface area contributed by atoms with Gasteiger partial charge in [0.15, 0.2) is 0 Å². The van der Waals surface area contributed by atoms with Gasteiger partial charge in [0.1, 0.15) is 17.8 Å². The minimum absolute atomic E-state index is 0.000809. The number of benzene rings is 1. The zero-order valence-electron chi connectivity index (χ0n) is 12.6. The molecule has 0 aromatic heterocycles. The van der Waals surface area contributed by atoms with Gasteiger partial charge in [-0.2, -0.15) is 0 Å². The fourth-order valence-corrected chi connectivity index (χ4v) is 4.48. The van der Waals surface area contributed by atoms with E-state index in [-0.39, 0.29) is 10.7 Å². The lowest BCUT2D eigenvalue weighted by atomic mass is 9.92. The summed E-state index contributed by atoms with van der Waals surface area (Å²) >= 11 is 3.26. The smallest absolute Gasteiger partial charge is 0.136 e. The molecule has 116 valence electrons. The number of hydrogen-bond donors (Lipinski definition) is 1. The average molecular weight is 326 g/mol. The summed E-state index contributed by atoms with van der Waals surface area (Å²) in [5.41, 5.74) is 0.0529. The van der Waals surface area contributed by atoms with Crippen molar-refractivity contribution >= 4 is 23.5 Å². The van der Waals surface area contributed by atoms with Crippen LogP contribution in [-0.4, -0.2) is 40.0 Å². The van der Waals surface area contributed by atoms with E-state index in [0.717, 1.165) is 5.56 Å². The van der Waals surface area contributed by atoms with Crippen molar-refractivity contribution in [1.29, 1.82) is 0 Å². The van der Waals surface area contributed by atoms with E-state index in [2.05, 4.69) is 0 Å². The molecular weight excluding hydrogens is 304 g/mol. The Labute approximate surface area is 135 Å². The van der Waals surface area contributed by atoms with Crippen molar-refractivity contribution in [3.63, 3.8) is 0 Å². The normalized spacial score (nSPS) is 28.6. The Bertz CT molecular complexity index is 462. The summed E-state index contributed by atoms with van der Waals surface area (Å²) in [5, 5.41) is 11.1. The van der Waals surface area contributed by atoms with Crippen molar-refractivity contribution in [3.05, 3.63) is 48.2 Å². The number of ether oxygens (including phenoxy) is 2. The second-order valence-corrected chi connectivity index (χ2v) is 7.24. The van der Waals surface area contributed by atoms with Crippen LogP contribution in [0.4, 0.5) is 0 Å². The Morgan fingerprint density at radius 3 is 2.57 bits per heavy atom. The number of aliphatic hydroxyl groups is 1. The third-order valence-electron chi connectivity index (χ3n) is 3.59. The topological polar surface area (TPSA) is 38.7 Å². The van der Waals surface area contributed by atoms with E-state index in [4.69, 9.17) is 9.47 Å². The van der Waals surface area contributed by atoms with Crippen LogP contribution in [0.3, 0.4) is 0 Å². The van der Waals surface area contributed by atoms with Crippen LogP contribution in [0, 0.1) is 0 Å². The van der Waals surface area contributed by atoms with E-state index in [0.29, 0.717) is 6.61 Å². The predicted molar refractivity (Wildman–Crippen MR) is 90.5 cm³/mol. The molecule has 0 bridgehead atoms. The summed E-state index contributed by atoms with van der Waals surface area (Å²) in [5.74, 6) is 0. The molecule has 0 saturated carbocycles. The fourth-order valence-electron chi connectivity index (χ4n) is 2.53. The molecular formula is C16H22O3S2. The van der Waals surface area contributed by atoms with Crippen LogP contribution >= 0.6 is 23.5 Å². The van der Waals surface area contributed by atoms with E-state index in [1.165, 1.54) is 0 Å². The molecule has 0 fully saturated rings. The van der Waals surface area contributed by atoms with Crippen molar-refractivity contribution in [3.8, 4) is 0 Å². The van der Waals surface area contributed by atoms with Gasteiger partial charge in [-0.3, -0.25) is 0 Å². The van der Waals surface area contributed by atoms with Crippen molar-refractivity contribution in [2.24, 2.45) is 0 Å². The Kier molecular flexibility index (Phi) is 6.05. The number of thioether (sulfide) groups is 2. The molecule has 1 N–H and O–H groups in total. The molecule has 1 aliphatic heterocycles. The largest absolute Gasteiger partial charge is 0.496 e. The monoisotopic (exact) mass is 326 g/mol. The Hall–Kier alpha value is -0.620. The maximum atomic E-state index is 11.1. The molecule has 0 aliphatic carbocycles. The van der Waals surface area contributed by atoms with Crippen LogP contribution < -0.4 is 0 Å². The minimum atomic E-state index is -1.04. The van der Waals surface area contributed by atoms with Crippen LogP contribution in [0.1, 0.15) is 12.5 Å². The summed E-state index contributed by atoms with van der Waals surface area (Å²) in [4.78, 5) is 0. The summed E-state index contributed by atoms with van der Waals surface area (Å²) in [6.07, 6.45) is 6.73. The van der Waals surface area contributed by atoms with Gasteiger partial charge in [0.25, 0.3) is 0 Å². The van der Waals surface area contributed by atoms with Crippen molar-refractivity contribution in [1.82, 2.24) is 0 Å². The zero-order chi connectivity index (χ0) is 15.3. The third kappa shape index (κ3) is 3.77. The highest BCUT2D eigenvalue weighted by Crippen LogP contribution is 2.39. The first kappa shape index (κ1) is 16.7. The molecule has 1 aromatic carbocycles. The first-order chi connectivity index (χ1) is 10.1. The standard InChI is InChI=1S/C16H22O3S2/c1-12-14(19-11-13-7-5-4-6-8-13)16(17,9-10-18-12)15(20-2)21-3/h4-10,12,14-15,17H,11H2,1-3H3/t12-,14-,16-/m0/s1.